The first-order chi connectivity index (χ1) is 14.3. The largest absolute Gasteiger partial charge is 0.494 e. The number of thiocarbonyl (C=S) groups is 1. The monoisotopic (exact) mass is 429 g/mol. The summed E-state index contributed by atoms with van der Waals surface area (Å²) in [4.78, 5) is 24.4. The van der Waals surface area contributed by atoms with Gasteiger partial charge in [0, 0.05) is 5.56 Å². The molecule has 30 heavy (non-hydrogen) atoms. The van der Waals surface area contributed by atoms with Crippen LogP contribution < -0.4 is 25.6 Å². The maximum absolute atomic E-state index is 12.2. The number of hydrogen-bond acceptors (Lipinski definition) is 5. The summed E-state index contributed by atoms with van der Waals surface area (Å²) in [6, 6.07) is 12.3. The van der Waals surface area contributed by atoms with Crippen molar-refractivity contribution in [2.24, 2.45) is 0 Å². The van der Waals surface area contributed by atoms with Gasteiger partial charge in [-0.05, 0) is 86.9 Å². The van der Waals surface area contributed by atoms with Crippen molar-refractivity contribution < 1.29 is 19.1 Å². The topological polar surface area (TPSA) is 88.7 Å². The van der Waals surface area contributed by atoms with Crippen molar-refractivity contribution >= 4 is 29.1 Å². The number of hydrazine groups is 1. The predicted molar refractivity (Wildman–Crippen MR) is 120 cm³/mol. The number of carbonyl (C=O) groups is 2. The Hall–Kier alpha value is -3.13. The third-order valence-electron chi connectivity index (χ3n) is 4.28. The SMILES string of the molecule is CCCOc1ccc(C(=O)NC(=S)NNC(=O)C(C)Oc2ccc(C)c(C)c2)cc1. The first-order valence-corrected chi connectivity index (χ1v) is 10.1. The quantitative estimate of drug-likeness (QED) is 0.463. The van der Waals surface area contributed by atoms with Gasteiger partial charge in [-0.25, -0.2) is 0 Å². The number of nitrogens with one attached hydrogen (secondary N) is 3. The second-order valence-electron chi connectivity index (χ2n) is 6.78. The van der Waals surface area contributed by atoms with Crippen LogP contribution in [-0.4, -0.2) is 29.6 Å². The van der Waals surface area contributed by atoms with Crippen molar-refractivity contribution in [3.63, 3.8) is 0 Å². The van der Waals surface area contributed by atoms with E-state index in [4.69, 9.17) is 21.7 Å². The zero-order chi connectivity index (χ0) is 22.1. The number of amides is 2. The van der Waals surface area contributed by atoms with Crippen molar-refractivity contribution in [2.45, 2.75) is 40.2 Å². The molecule has 1 atom stereocenters. The molecule has 3 N–H and O–H groups in total. The molecule has 0 aromatic heterocycles. The maximum Gasteiger partial charge on any atom is 0.279 e. The molecule has 2 aromatic carbocycles. The molecule has 0 heterocycles. The van der Waals surface area contributed by atoms with Crippen molar-refractivity contribution in [2.75, 3.05) is 6.61 Å². The second-order valence-corrected chi connectivity index (χ2v) is 7.18. The van der Waals surface area contributed by atoms with E-state index < -0.39 is 17.9 Å². The molecule has 1 unspecified atom stereocenters. The molecule has 0 bridgehead atoms. The number of ether oxygens (including phenoxy) is 2. The van der Waals surface area contributed by atoms with Crippen molar-refractivity contribution in [1.29, 1.82) is 0 Å². The van der Waals surface area contributed by atoms with E-state index in [0.717, 1.165) is 17.5 Å². The predicted octanol–water partition coefficient (Wildman–Crippen LogP) is 3.20. The van der Waals surface area contributed by atoms with Gasteiger partial charge < -0.3 is 9.47 Å². The van der Waals surface area contributed by atoms with Gasteiger partial charge in [-0.15, -0.1) is 0 Å². The minimum absolute atomic E-state index is 0.0296. The molecule has 0 aliphatic rings. The highest BCUT2D eigenvalue weighted by atomic mass is 32.1. The summed E-state index contributed by atoms with van der Waals surface area (Å²) in [6.07, 6.45) is 0.149. The fraction of sp³-hybridized carbons (Fsp3) is 0.318. The van der Waals surface area contributed by atoms with Gasteiger partial charge >= 0.3 is 0 Å². The lowest BCUT2D eigenvalue weighted by Gasteiger charge is -2.17. The van der Waals surface area contributed by atoms with Crippen LogP contribution in [0.15, 0.2) is 42.5 Å². The molecule has 0 saturated carbocycles. The van der Waals surface area contributed by atoms with Crippen molar-refractivity contribution in [3.05, 3.63) is 59.2 Å². The first kappa shape index (κ1) is 23.2. The van der Waals surface area contributed by atoms with E-state index in [1.165, 1.54) is 0 Å². The zero-order valence-corrected chi connectivity index (χ0v) is 18.4. The average molecular weight is 430 g/mol. The molecule has 2 amide bonds. The summed E-state index contributed by atoms with van der Waals surface area (Å²) in [5.74, 6) is 0.465. The Morgan fingerprint density at radius 3 is 2.30 bits per heavy atom. The standard InChI is InChI=1S/C22H27N3O4S/c1-5-12-28-18-10-7-17(8-11-18)21(27)23-22(30)25-24-20(26)16(4)29-19-9-6-14(2)15(3)13-19/h6-11,13,16H,5,12H2,1-4H3,(H,24,26)(H2,23,25,27,30). The van der Waals surface area contributed by atoms with Crippen LogP contribution in [0.1, 0.15) is 41.8 Å². The van der Waals surface area contributed by atoms with E-state index in [2.05, 4.69) is 16.2 Å². The molecule has 160 valence electrons. The molecule has 0 aliphatic heterocycles. The molecule has 0 aliphatic carbocycles. The molecule has 0 radical (unpaired) electrons. The normalized spacial score (nSPS) is 11.2. The third-order valence-corrected chi connectivity index (χ3v) is 4.48. The van der Waals surface area contributed by atoms with E-state index in [9.17, 15) is 9.59 Å². The number of hydrogen-bond donors (Lipinski definition) is 3. The molecule has 2 rings (SSSR count). The fourth-order valence-electron chi connectivity index (χ4n) is 2.39. The third kappa shape index (κ3) is 7.04. The highest BCUT2D eigenvalue weighted by molar-refractivity contribution is 7.80. The van der Waals surface area contributed by atoms with Crippen LogP contribution in [0.3, 0.4) is 0 Å². The summed E-state index contributed by atoms with van der Waals surface area (Å²) in [7, 11) is 0. The Morgan fingerprint density at radius 1 is 1.00 bits per heavy atom. The van der Waals surface area contributed by atoms with Crippen LogP contribution >= 0.6 is 12.2 Å². The van der Waals surface area contributed by atoms with Gasteiger partial charge in [0.15, 0.2) is 11.2 Å². The summed E-state index contributed by atoms with van der Waals surface area (Å²) in [5.41, 5.74) is 7.57. The van der Waals surface area contributed by atoms with Gasteiger partial charge in [0.25, 0.3) is 11.8 Å². The van der Waals surface area contributed by atoms with E-state index in [-0.39, 0.29) is 5.11 Å². The highest BCUT2D eigenvalue weighted by Gasteiger charge is 2.16. The summed E-state index contributed by atoms with van der Waals surface area (Å²) >= 11 is 5.06. The molecule has 7 nitrogen and oxygen atoms in total. The Labute approximate surface area is 182 Å². The Morgan fingerprint density at radius 2 is 1.67 bits per heavy atom. The van der Waals surface area contributed by atoms with Gasteiger partial charge in [0.05, 0.1) is 6.61 Å². The minimum atomic E-state index is -0.756. The van der Waals surface area contributed by atoms with Gasteiger partial charge in [0.1, 0.15) is 11.5 Å². The van der Waals surface area contributed by atoms with Crippen LogP contribution in [0.5, 0.6) is 11.5 Å². The Kier molecular flexibility index (Phi) is 8.61. The average Bonchev–Trinajstić information content (AvgIpc) is 2.73. The number of benzene rings is 2. The van der Waals surface area contributed by atoms with Gasteiger partial charge in [-0.2, -0.15) is 0 Å². The van der Waals surface area contributed by atoms with Gasteiger partial charge in [-0.3, -0.25) is 25.8 Å². The van der Waals surface area contributed by atoms with E-state index in [1.807, 2.05) is 39.0 Å². The van der Waals surface area contributed by atoms with Crippen LogP contribution in [0.2, 0.25) is 0 Å². The summed E-state index contributed by atoms with van der Waals surface area (Å²) < 4.78 is 11.1. The van der Waals surface area contributed by atoms with Crippen LogP contribution in [0.4, 0.5) is 0 Å². The fourth-order valence-corrected chi connectivity index (χ4v) is 2.54. The summed E-state index contributed by atoms with van der Waals surface area (Å²) in [6.45, 7) is 8.23. The second kappa shape index (κ2) is 11.2. The van der Waals surface area contributed by atoms with E-state index in [1.54, 1.807) is 31.2 Å². The molecule has 2 aromatic rings. The highest BCUT2D eigenvalue weighted by Crippen LogP contribution is 2.17. The van der Waals surface area contributed by atoms with E-state index in [0.29, 0.717) is 23.7 Å². The van der Waals surface area contributed by atoms with Crippen LogP contribution in [0, 0.1) is 13.8 Å². The molecule has 0 saturated heterocycles. The first-order valence-electron chi connectivity index (χ1n) is 9.68. The lowest BCUT2D eigenvalue weighted by molar-refractivity contribution is -0.127. The lowest BCUT2D eigenvalue weighted by Crippen LogP contribution is -2.51. The Bertz CT molecular complexity index is 900. The maximum atomic E-state index is 12.2. The van der Waals surface area contributed by atoms with Gasteiger partial charge in [0.2, 0.25) is 0 Å². The van der Waals surface area contributed by atoms with Crippen molar-refractivity contribution in [3.8, 4) is 11.5 Å². The van der Waals surface area contributed by atoms with Crippen molar-refractivity contribution in [1.82, 2.24) is 16.2 Å². The Balaban J connectivity index is 1.79. The summed E-state index contributed by atoms with van der Waals surface area (Å²) in [5, 5.41) is 2.47. The number of rotatable bonds is 7. The van der Waals surface area contributed by atoms with E-state index >= 15 is 0 Å². The van der Waals surface area contributed by atoms with Crippen LogP contribution in [-0.2, 0) is 4.79 Å². The minimum Gasteiger partial charge on any atom is -0.494 e. The molecular weight excluding hydrogens is 402 g/mol. The molecular formula is C22H27N3O4S. The molecule has 0 fully saturated rings. The number of carbonyl (C=O) groups excluding carboxylic acids is 2. The zero-order valence-electron chi connectivity index (χ0n) is 17.6. The lowest BCUT2D eigenvalue weighted by atomic mass is 10.1. The van der Waals surface area contributed by atoms with Gasteiger partial charge in [-0.1, -0.05) is 13.0 Å². The number of aryl methyl sites for hydroxylation is 2. The molecule has 8 heteroatoms. The molecule has 0 spiro atoms. The van der Waals surface area contributed by atoms with Crippen LogP contribution in [0.25, 0.3) is 0 Å². The smallest absolute Gasteiger partial charge is 0.279 e.